The zero-order valence-corrected chi connectivity index (χ0v) is 6.97. The Morgan fingerprint density at radius 3 is 2.83 bits per heavy atom. The van der Waals surface area contributed by atoms with Gasteiger partial charge in [0.05, 0.1) is 5.52 Å². The molecule has 1 N–H and O–H groups in total. The molecule has 3 nitrogen and oxygen atoms in total. The van der Waals surface area contributed by atoms with E-state index in [-0.39, 0.29) is 0 Å². The molecule has 0 aliphatic heterocycles. The van der Waals surface area contributed by atoms with Gasteiger partial charge in [0.15, 0.2) is 5.58 Å². The van der Waals surface area contributed by atoms with Crippen molar-refractivity contribution in [2.75, 3.05) is 0 Å². The van der Waals surface area contributed by atoms with Crippen molar-refractivity contribution in [3.63, 3.8) is 0 Å². The number of aromatic nitrogens is 1. The van der Waals surface area contributed by atoms with E-state index in [1.807, 2.05) is 26.0 Å². The number of fused-ring (bicyclic) bond motifs is 1. The van der Waals surface area contributed by atoms with E-state index in [1.54, 1.807) is 0 Å². The van der Waals surface area contributed by atoms with Gasteiger partial charge in [-0.15, -0.1) is 0 Å². The quantitative estimate of drug-likeness (QED) is 0.643. The summed E-state index contributed by atoms with van der Waals surface area (Å²) in [5.74, 6) is -0.390. The summed E-state index contributed by atoms with van der Waals surface area (Å²) in [5.41, 5.74) is 3.54. The summed E-state index contributed by atoms with van der Waals surface area (Å²) in [7, 11) is 0. The maximum atomic E-state index is 10.8. The van der Waals surface area contributed by atoms with Crippen LogP contribution < -0.4 is 5.76 Å². The highest BCUT2D eigenvalue weighted by Crippen LogP contribution is 2.16. The van der Waals surface area contributed by atoms with Crippen molar-refractivity contribution in [2.24, 2.45) is 0 Å². The fraction of sp³-hybridized carbons (Fsp3) is 0.222. The molecular weight excluding hydrogens is 154 g/mol. The molecule has 0 saturated heterocycles. The zero-order chi connectivity index (χ0) is 8.72. The second kappa shape index (κ2) is 2.24. The van der Waals surface area contributed by atoms with Crippen LogP contribution in [0.3, 0.4) is 0 Å². The first kappa shape index (κ1) is 7.16. The molecule has 0 aliphatic rings. The molecule has 2 rings (SSSR count). The Labute approximate surface area is 69.0 Å². The maximum Gasteiger partial charge on any atom is 0.417 e. The summed E-state index contributed by atoms with van der Waals surface area (Å²) in [6, 6.07) is 3.88. The number of nitrogens with one attached hydrogen (secondary N) is 1. The fourth-order valence-corrected chi connectivity index (χ4v) is 1.41. The van der Waals surface area contributed by atoms with E-state index in [9.17, 15) is 4.79 Å². The van der Waals surface area contributed by atoms with Crippen molar-refractivity contribution in [2.45, 2.75) is 13.8 Å². The van der Waals surface area contributed by atoms with E-state index in [4.69, 9.17) is 4.42 Å². The predicted molar refractivity (Wildman–Crippen MR) is 46.3 cm³/mol. The third kappa shape index (κ3) is 0.942. The second-order valence-electron chi connectivity index (χ2n) is 2.97. The average Bonchev–Trinajstić information content (AvgIpc) is 2.29. The Morgan fingerprint density at radius 2 is 2.08 bits per heavy atom. The SMILES string of the molecule is Cc1cc(C)c2oc(=O)[nH]c2c1. The van der Waals surface area contributed by atoms with Gasteiger partial charge in [0.1, 0.15) is 0 Å². The lowest BCUT2D eigenvalue weighted by Crippen LogP contribution is -1.92. The molecule has 2 aromatic rings. The van der Waals surface area contributed by atoms with Gasteiger partial charge in [-0.05, 0) is 31.0 Å². The largest absolute Gasteiger partial charge is 0.417 e. The molecule has 3 heteroatoms. The van der Waals surface area contributed by atoms with Crippen LogP contribution in [0.2, 0.25) is 0 Å². The first-order chi connectivity index (χ1) is 5.66. The summed E-state index contributed by atoms with van der Waals surface area (Å²) in [6.07, 6.45) is 0. The predicted octanol–water partition coefficient (Wildman–Crippen LogP) is 1.74. The minimum absolute atomic E-state index is 0.390. The second-order valence-corrected chi connectivity index (χ2v) is 2.97. The summed E-state index contributed by atoms with van der Waals surface area (Å²) < 4.78 is 4.94. The highest BCUT2D eigenvalue weighted by atomic mass is 16.4. The first-order valence-electron chi connectivity index (χ1n) is 3.77. The molecule has 12 heavy (non-hydrogen) atoms. The Morgan fingerprint density at radius 1 is 1.33 bits per heavy atom. The molecule has 0 bridgehead atoms. The van der Waals surface area contributed by atoms with Crippen LogP contribution in [0.4, 0.5) is 0 Å². The molecule has 0 atom stereocenters. The summed E-state index contributed by atoms with van der Waals surface area (Å²) in [5, 5.41) is 0. The van der Waals surface area contributed by atoms with Gasteiger partial charge >= 0.3 is 5.76 Å². The lowest BCUT2D eigenvalue weighted by molar-refractivity contribution is 0.553. The van der Waals surface area contributed by atoms with Crippen molar-refractivity contribution in [1.82, 2.24) is 4.98 Å². The topological polar surface area (TPSA) is 46.0 Å². The van der Waals surface area contributed by atoms with Crippen LogP contribution in [0, 0.1) is 13.8 Å². The number of hydrogen-bond donors (Lipinski definition) is 1. The summed E-state index contributed by atoms with van der Waals surface area (Å²) in [4.78, 5) is 13.4. The van der Waals surface area contributed by atoms with Crippen molar-refractivity contribution in [3.05, 3.63) is 33.8 Å². The van der Waals surface area contributed by atoms with Gasteiger partial charge in [-0.25, -0.2) is 4.79 Å². The normalized spacial score (nSPS) is 10.8. The van der Waals surface area contributed by atoms with Gasteiger partial charge in [0.25, 0.3) is 0 Å². The van der Waals surface area contributed by atoms with Crippen LogP contribution >= 0.6 is 0 Å². The molecule has 1 aromatic carbocycles. The van der Waals surface area contributed by atoms with E-state index in [1.165, 1.54) is 0 Å². The number of aromatic amines is 1. The number of rotatable bonds is 0. The number of H-pyrrole nitrogens is 1. The van der Waals surface area contributed by atoms with Crippen molar-refractivity contribution >= 4 is 11.1 Å². The Balaban J connectivity index is 2.97. The summed E-state index contributed by atoms with van der Waals surface area (Å²) in [6.45, 7) is 3.91. The van der Waals surface area contributed by atoms with Gasteiger partial charge in [-0.2, -0.15) is 0 Å². The van der Waals surface area contributed by atoms with Gasteiger partial charge in [-0.1, -0.05) is 6.07 Å². The van der Waals surface area contributed by atoms with E-state index in [2.05, 4.69) is 4.98 Å². The standard InChI is InChI=1S/C9H9NO2/c1-5-3-6(2)8-7(4-5)10-9(11)12-8/h3-4H,1-2H3,(H,10,11). The zero-order valence-electron chi connectivity index (χ0n) is 6.97. The lowest BCUT2D eigenvalue weighted by Gasteiger charge is -1.94. The van der Waals surface area contributed by atoms with Crippen LogP contribution in [0.25, 0.3) is 11.1 Å². The van der Waals surface area contributed by atoms with Crippen LogP contribution in [0.15, 0.2) is 21.3 Å². The molecule has 0 amide bonds. The smallest absolute Gasteiger partial charge is 0.408 e. The number of aryl methyl sites for hydroxylation is 2. The van der Waals surface area contributed by atoms with Gasteiger partial charge < -0.3 is 4.42 Å². The van der Waals surface area contributed by atoms with E-state index >= 15 is 0 Å². The highest BCUT2D eigenvalue weighted by molar-refractivity contribution is 5.76. The Kier molecular flexibility index (Phi) is 1.33. The number of oxazole rings is 1. The molecule has 0 radical (unpaired) electrons. The van der Waals surface area contributed by atoms with E-state index in [0.29, 0.717) is 5.58 Å². The molecule has 0 aliphatic carbocycles. The van der Waals surface area contributed by atoms with Gasteiger partial charge in [0.2, 0.25) is 0 Å². The van der Waals surface area contributed by atoms with Crippen LogP contribution in [-0.2, 0) is 0 Å². The van der Waals surface area contributed by atoms with Crippen LogP contribution in [-0.4, -0.2) is 4.98 Å². The van der Waals surface area contributed by atoms with Crippen molar-refractivity contribution in [3.8, 4) is 0 Å². The van der Waals surface area contributed by atoms with Gasteiger partial charge in [-0.3, -0.25) is 4.98 Å². The average molecular weight is 163 g/mol. The monoisotopic (exact) mass is 163 g/mol. The lowest BCUT2D eigenvalue weighted by atomic mass is 10.1. The molecule has 0 spiro atoms. The molecular formula is C9H9NO2. The minimum Gasteiger partial charge on any atom is -0.408 e. The first-order valence-corrected chi connectivity index (χ1v) is 3.77. The Bertz CT molecular complexity index is 479. The third-order valence-electron chi connectivity index (χ3n) is 1.85. The molecule has 0 unspecified atom stereocenters. The molecule has 1 aromatic heterocycles. The molecule has 1 heterocycles. The van der Waals surface area contributed by atoms with Crippen LogP contribution in [0.1, 0.15) is 11.1 Å². The number of benzene rings is 1. The van der Waals surface area contributed by atoms with Crippen molar-refractivity contribution < 1.29 is 4.42 Å². The third-order valence-corrected chi connectivity index (χ3v) is 1.85. The van der Waals surface area contributed by atoms with Crippen LogP contribution in [0.5, 0.6) is 0 Å². The summed E-state index contributed by atoms with van der Waals surface area (Å²) >= 11 is 0. The molecule has 0 fully saturated rings. The highest BCUT2D eigenvalue weighted by Gasteiger charge is 2.03. The van der Waals surface area contributed by atoms with E-state index < -0.39 is 5.76 Å². The molecule has 62 valence electrons. The fourth-order valence-electron chi connectivity index (χ4n) is 1.41. The Hall–Kier alpha value is -1.51. The number of hydrogen-bond acceptors (Lipinski definition) is 2. The molecule has 0 saturated carbocycles. The maximum absolute atomic E-state index is 10.8. The van der Waals surface area contributed by atoms with Gasteiger partial charge in [0, 0.05) is 0 Å². The van der Waals surface area contributed by atoms with Crippen molar-refractivity contribution in [1.29, 1.82) is 0 Å². The van der Waals surface area contributed by atoms with E-state index in [0.717, 1.165) is 16.6 Å². The minimum atomic E-state index is -0.390.